The molecule has 21 heavy (non-hydrogen) atoms. The second kappa shape index (κ2) is 6.93. The molecule has 2 heteroatoms. The van der Waals surface area contributed by atoms with E-state index in [-0.39, 0.29) is 5.41 Å². The predicted molar refractivity (Wildman–Crippen MR) is 99.8 cm³/mol. The van der Waals surface area contributed by atoms with Crippen LogP contribution >= 0.6 is 22.6 Å². The van der Waals surface area contributed by atoms with Crippen LogP contribution in [0.2, 0.25) is 0 Å². The molecule has 0 spiro atoms. The second-order valence-corrected chi connectivity index (χ2v) is 7.75. The normalized spacial score (nSPS) is 13.2. The van der Waals surface area contributed by atoms with Crippen LogP contribution in [0.25, 0.3) is 0 Å². The first-order valence-electron chi connectivity index (χ1n) is 7.43. The number of nitrogens with one attached hydrogen (secondary N) is 1. The molecule has 2 aromatic carbocycles. The SMILES string of the molecule is CNC(Cc1ccc(I)cc1)c1ccccc1C(C)(C)C. The molecule has 1 unspecified atom stereocenters. The van der Waals surface area contributed by atoms with Crippen LogP contribution in [0.1, 0.15) is 43.5 Å². The van der Waals surface area contributed by atoms with Crippen molar-refractivity contribution in [3.8, 4) is 0 Å². The Morgan fingerprint density at radius 1 is 1.00 bits per heavy atom. The van der Waals surface area contributed by atoms with Crippen LogP contribution in [-0.2, 0) is 11.8 Å². The van der Waals surface area contributed by atoms with Crippen molar-refractivity contribution >= 4 is 22.6 Å². The first kappa shape index (κ1) is 16.5. The summed E-state index contributed by atoms with van der Waals surface area (Å²) in [6.45, 7) is 6.84. The second-order valence-electron chi connectivity index (χ2n) is 6.51. The third kappa shape index (κ3) is 4.30. The molecule has 112 valence electrons. The van der Waals surface area contributed by atoms with Crippen LogP contribution in [0.5, 0.6) is 0 Å². The summed E-state index contributed by atoms with van der Waals surface area (Å²) in [6, 6.07) is 18.0. The monoisotopic (exact) mass is 393 g/mol. The molecule has 0 fully saturated rings. The molecule has 0 radical (unpaired) electrons. The third-order valence-electron chi connectivity index (χ3n) is 3.85. The summed E-state index contributed by atoms with van der Waals surface area (Å²) >= 11 is 2.35. The average Bonchev–Trinajstić information content (AvgIpc) is 2.46. The van der Waals surface area contributed by atoms with Crippen molar-refractivity contribution < 1.29 is 0 Å². The Balaban J connectivity index is 2.32. The van der Waals surface area contributed by atoms with Crippen molar-refractivity contribution in [2.45, 2.75) is 38.6 Å². The smallest absolute Gasteiger partial charge is 0.0361 e. The van der Waals surface area contributed by atoms with E-state index in [0.717, 1.165) is 6.42 Å². The summed E-state index contributed by atoms with van der Waals surface area (Å²) in [7, 11) is 2.05. The van der Waals surface area contributed by atoms with E-state index in [9.17, 15) is 0 Å². The van der Waals surface area contributed by atoms with Gasteiger partial charge in [-0.1, -0.05) is 57.2 Å². The highest BCUT2D eigenvalue weighted by molar-refractivity contribution is 14.1. The lowest BCUT2D eigenvalue weighted by atomic mass is 9.81. The summed E-state index contributed by atoms with van der Waals surface area (Å²) in [5, 5.41) is 3.49. The molecule has 1 atom stereocenters. The minimum atomic E-state index is 0.164. The van der Waals surface area contributed by atoms with Crippen LogP contribution < -0.4 is 5.32 Å². The van der Waals surface area contributed by atoms with Gasteiger partial charge in [0.1, 0.15) is 0 Å². The minimum absolute atomic E-state index is 0.164. The molecule has 0 heterocycles. The molecule has 0 amide bonds. The maximum atomic E-state index is 3.49. The standard InChI is InChI=1S/C19H24IN/c1-19(2,3)17-8-6-5-7-16(17)18(21-4)13-14-9-11-15(20)12-10-14/h5-12,18,21H,13H2,1-4H3. The molecule has 2 rings (SSSR count). The molecule has 0 aliphatic carbocycles. The Labute approximate surface area is 142 Å². The van der Waals surface area contributed by atoms with E-state index in [1.54, 1.807) is 0 Å². The highest BCUT2D eigenvalue weighted by Crippen LogP contribution is 2.31. The Bertz CT molecular complexity index is 581. The summed E-state index contributed by atoms with van der Waals surface area (Å²) in [5.41, 5.74) is 4.37. The van der Waals surface area contributed by atoms with Gasteiger partial charge >= 0.3 is 0 Å². The van der Waals surface area contributed by atoms with Gasteiger partial charge in [0, 0.05) is 9.61 Å². The van der Waals surface area contributed by atoms with Gasteiger partial charge in [-0.3, -0.25) is 0 Å². The fraction of sp³-hybridized carbons (Fsp3) is 0.368. The number of rotatable bonds is 4. The van der Waals surface area contributed by atoms with E-state index >= 15 is 0 Å². The van der Waals surface area contributed by atoms with E-state index in [4.69, 9.17) is 0 Å². The topological polar surface area (TPSA) is 12.0 Å². The summed E-state index contributed by atoms with van der Waals surface area (Å²) in [4.78, 5) is 0. The van der Waals surface area contributed by atoms with Gasteiger partial charge in [-0.25, -0.2) is 0 Å². The molecule has 0 aliphatic heterocycles. The Morgan fingerprint density at radius 3 is 2.19 bits per heavy atom. The summed E-state index contributed by atoms with van der Waals surface area (Å²) in [6.07, 6.45) is 1.01. The van der Waals surface area contributed by atoms with Crippen molar-refractivity contribution in [2.24, 2.45) is 0 Å². The molecular weight excluding hydrogens is 369 g/mol. The van der Waals surface area contributed by atoms with Crippen LogP contribution in [0.15, 0.2) is 48.5 Å². The van der Waals surface area contributed by atoms with E-state index in [1.165, 1.54) is 20.3 Å². The quantitative estimate of drug-likeness (QED) is 0.714. The van der Waals surface area contributed by atoms with Crippen LogP contribution in [0.3, 0.4) is 0 Å². The largest absolute Gasteiger partial charge is 0.313 e. The van der Waals surface area contributed by atoms with Crippen molar-refractivity contribution in [1.82, 2.24) is 5.32 Å². The summed E-state index contributed by atoms with van der Waals surface area (Å²) in [5.74, 6) is 0. The van der Waals surface area contributed by atoms with Gasteiger partial charge in [-0.2, -0.15) is 0 Å². The minimum Gasteiger partial charge on any atom is -0.313 e. The molecule has 0 aliphatic rings. The van der Waals surface area contributed by atoms with E-state index in [1.807, 2.05) is 0 Å². The Morgan fingerprint density at radius 2 is 1.62 bits per heavy atom. The molecule has 2 aromatic rings. The number of likely N-dealkylation sites (N-methyl/N-ethyl adjacent to an activating group) is 1. The van der Waals surface area contributed by atoms with E-state index < -0.39 is 0 Å². The number of benzene rings is 2. The van der Waals surface area contributed by atoms with Gasteiger partial charge in [0.2, 0.25) is 0 Å². The first-order chi connectivity index (χ1) is 9.91. The maximum Gasteiger partial charge on any atom is 0.0361 e. The molecular formula is C19H24IN. The lowest BCUT2D eigenvalue weighted by Gasteiger charge is -2.27. The zero-order chi connectivity index (χ0) is 15.5. The van der Waals surface area contributed by atoms with Gasteiger partial charge in [-0.15, -0.1) is 0 Å². The predicted octanol–water partition coefficient (Wildman–Crippen LogP) is 5.09. The zero-order valence-corrected chi connectivity index (χ0v) is 15.4. The number of hydrogen-bond donors (Lipinski definition) is 1. The van der Waals surface area contributed by atoms with Crippen LogP contribution in [0.4, 0.5) is 0 Å². The van der Waals surface area contributed by atoms with Crippen molar-refractivity contribution in [1.29, 1.82) is 0 Å². The number of hydrogen-bond acceptors (Lipinski definition) is 1. The Hall–Kier alpha value is -0.870. The van der Waals surface area contributed by atoms with Gasteiger partial charge in [-0.05, 0) is 70.3 Å². The maximum absolute atomic E-state index is 3.49. The van der Waals surface area contributed by atoms with E-state index in [0.29, 0.717) is 6.04 Å². The highest BCUT2D eigenvalue weighted by atomic mass is 127. The van der Waals surface area contributed by atoms with Gasteiger partial charge in [0.15, 0.2) is 0 Å². The summed E-state index contributed by atoms with van der Waals surface area (Å²) < 4.78 is 1.28. The third-order valence-corrected chi connectivity index (χ3v) is 4.56. The van der Waals surface area contributed by atoms with Gasteiger partial charge in [0.05, 0.1) is 0 Å². The lowest BCUT2D eigenvalue weighted by molar-refractivity contribution is 0.539. The molecule has 0 aromatic heterocycles. The molecule has 1 N–H and O–H groups in total. The lowest BCUT2D eigenvalue weighted by Crippen LogP contribution is -2.24. The highest BCUT2D eigenvalue weighted by Gasteiger charge is 2.21. The van der Waals surface area contributed by atoms with Gasteiger partial charge in [0.25, 0.3) is 0 Å². The zero-order valence-electron chi connectivity index (χ0n) is 13.3. The fourth-order valence-electron chi connectivity index (χ4n) is 2.71. The van der Waals surface area contributed by atoms with Crippen molar-refractivity contribution in [3.05, 3.63) is 68.8 Å². The number of halogens is 1. The average molecular weight is 393 g/mol. The van der Waals surface area contributed by atoms with Crippen molar-refractivity contribution in [2.75, 3.05) is 7.05 Å². The van der Waals surface area contributed by atoms with E-state index in [2.05, 4.69) is 104 Å². The molecule has 1 nitrogen and oxygen atoms in total. The van der Waals surface area contributed by atoms with Crippen LogP contribution in [-0.4, -0.2) is 7.05 Å². The van der Waals surface area contributed by atoms with Gasteiger partial charge < -0.3 is 5.32 Å². The Kier molecular flexibility index (Phi) is 5.44. The fourth-order valence-corrected chi connectivity index (χ4v) is 3.07. The molecule has 0 saturated carbocycles. The van der Waals surface area contributed by atoms with Crippen LogP contribution in [0, 0.1) is 3.57 Å². The molecule has 0 bridgehead atoms. The first-order valence-corrected chi connectivity index (χ1v) is 8.51. The van der Waals surface area contributed by atoms with Crippen molar-refractivity contribution in [3.63, 3.8) is 0 Å². The molecule has 0 saturated heterocycles.